The Morgan fingerprint density at radius 2 is 2.00 bits per heavy atom. The molecule has 0 aliphatic heterocycles. The van der Waals surface area contributed by atoms with Gasteiger partial charge in [-0.25, -0.2) is 4.98 Å². The number of aromatic nitrogens is 1. The number of alkyl halides is 3. The second-order valence-corrected chi connectivity index (χ2v) is 5.25. The molecule has 0 saturated carbocycles. The lowest BCUT2D eigenvalue weighted by Gasteiger charge is -2.09. The zero-order valence-electron chi connectivity index (χ0n) is 11.1. The van der Waals surface area contributed by atoms with E-state index in [1.54, 1.807) is 18.2 Å². The first-order valence-corrected chi connectivity index (χ1v) is 6.94. The van der Waals surface area contributed by atoms with Crippen molar-refractivity contribution in [1.29, 1.82) is 0 Å². The molecule has 0 saturated heterocycles. The number of hydrogen-bond donors (Lipinski definition) is 1. The molecule has 2 rings (SSSR count). The monoisotopic (exact) mass is 314 g/mol. The van der Waals surface area contributed by atoms with Crippen LogP contribution in [0.3, 0.4) is 0 Å². The standard InChI is InChI=1S/C14H13F3N2OS/c1-2-20-11-5-10(18)6-12(7-11)21-13-4-3-9(8-19-13)14(15,16)17/h3-8H,2,18H2,1H3. The number of benzene rings is 1. The van der Waals surface area contributed by atoms with Crippen LogP contribution in [0.5, 0.6) is 5.75 Å². The molecule has 0 radical (unpaired) electrons. The SMILES string of the molecule is CCOc1cc(N)cc(Sc2ccc(C(F)(F)F)cn2)c1. The molecule has 3 nitrogen and oxygen atoms in total. The van der Waals surface area contributed by atoms with Crippen LogP contribution in [0.4, 0.5) is 18.9 Å². The summed E-state index contributed by atoms with van der Waals surface area (Å²) in [6.45, 7) is 2.36. The highest BCUT2D eigenvalue weighted by Crippen LogP contribution is 2.33. The number of nitrogen functional groups attached to an aromatic ring is 1. The smallest absolute Gasteiger partial charge is 0.417 e. The fourth-order valence-electron chi connectivity index (χ4n) is 1.63. The highest BCUT2D eigenvalue weighted by Gasteiger charge is 2.30. The van der Waals surface area contributed by atoms with Gasteiger partial charge in [0, 0.05) is 22.8 Å². The van der Waals surface area contributed by atoms with Crippen LogP contribution in [0.25, 0.3) is 0 Å². The Labute approximate surface area is 124 Å². The molecule has 1 heterocycles. The summed E-state index contributed by atoms with van der Waals surface area (Å²) in [7, 11) is 0. The van der Waals surface area contributed by atoms with Gasteiger partial charge in [-0.2, -0.15) is 13.2 Å². The minimum atomic E-state index is -4.38. The summed E-state index contributed by atoms with van der Waals surface area (Å²) >= 11 is 1.22. The van der Waals surface area contributed by atoms with Gasteiger partial charge in [-0.15, -0.1) is 0 Å². The predicted octanol–water partition coefficient (Wildman–Crippen LogP) is 4.23. The summed E-state index contributed by atoms with van der Waals surface area (Å²) in [5, 5.41) is 0.455. The number of halogens is 3. The van der Waals surface area contributed by atoms with Gasteiger partial charge >= 0.3 is 6.18 Å². The average molecular weight is 314 g/mol. The fraction of sp³-hybridized carbons (Fsp3) is 0.214. The maximum absolute atomic E-state index is 12.5. The molecule has 0 amide bonds. The molecule has 2 N–H and O–H groups in total. The average Bonchev–Trinajstić information content (AvgIpc) is 2.38. The van der Waals surface area contributed by atoms with Gasteiger partial charge in [0.05, 0.1) is 12.2 Å². The molecular formula is C14H13F3N2OS. The molecule has 0 bridgehead atoms. The zero-order valence-corrected chi connectivity index (χ0v) is 12.0. The molecule has 1 aromatic heterocycles. The van der Waals surface area contributed by atoms with Crippen LogP contribution in [0.2, 0.25) is 0 Å². The molecule has 0 atom stereocenters. The van der Waals surface area contributed by atoms with E-state index in [1.807, 2.05) is 6.92 Å². The summed E-state index contributed by atoms with van der Waals surface area (Å²) < 4.78 is 42.7. The quantitative estimate of drug-likeness (QED) is 0.858. The van der Waals surface area contributed by atoms with Gasteiger partial charge in [-0.05, 0) is 31.2 Å². The number of rotatable bonds is 4. The first-order chi connectivity index (χ1) is 9.88. The molecule has 7 heteroatoms. The molecule has 21 heavy (non-hydrogen) atoms. The maximum atomic E-state index is 12.5. The van der Waals surface area contributed by atoms with Crippen LogP contribution < -0.4 is 10.5 Å². The molecule has 2 aromatic rings. The topological polar surface area (TPSA) is 48.1 Å². The van der Waals surface area contributed by atoms with Gasteiger partial charge in [0.15, 0.2) is 0 Å². The van der Waals surface area contributed by atoms with Gasteiger partial charge in [0.25, 0.3) is 0 Å². The largest absolute Gasteiger partial charge is 0.494 e. The van der Waals surface area contributed by atoms with Crippen molar-refractivity contribution in [2.75, 3.05) is 12.3 Å². The van der Waals surface area contributed by atoms with Crippen LogP contribution in [0, 0.1) is 0 Å². The molecule has 0 fully saturated rings. The van der Waals surface area contributed by atoms with Gasteiger partial charge in [-0.1, -0.05) is 11.8 Å². The Kier molecular flexibility index (Phi) is 4.62. The molecule has 0 spiro atoms. The maximum Gasteiger partial charge on any atom is 0.417 e. The van der Waals surface area contributed by atoms with Gasteiger partial charge < -0.3 is 10.5 Å². The van der Waals surface area contributed by atoms with Crippen molar-refractivity contribution in [1.82, 2.24) is 4.98 Å². The first kappa shape index (κ1) is 15.5. The van der Waals surface area contributed by atoms with Crippen LogP contribution in [0.1, 0.15) is 12.5 Å². The lowest BCUT2D eigenvalue weighted by Crippen LogP contribution is -2.05. The van der Waals surface area contributed by atoms with Crippen molar-refractivity contribution < 1.29 is 17.9 Å². The number of ether oxygens (including phenoxy) is 1. The lowest BCUT2D eigenvalue weighted by atomic mass is 10.3. The van der Waals surface area contributed by atoms with Crippen LogP contribution >= 0.6 is 11.8 Å². The van der Waals surface area contributed by atoms with E-state index in [2.05, 4.69) is 4.98 Å². The van der Waals surface area contributed by atoms with Crippen molar-refractivity contribution in [3.63, 3.8) is 0 Å². The zero-order chi connectivity index (χ0) is 15.5. The van der Waals surface area contributed by atoms with Gasteiger partial charge in [0.1, 0.15) is 10.8 Å². The highest BCUT2D eigenvalue weighted by atomic mass is 32.2. The van der Waals surface area contributed by atoms with Crippen molar-refractivity contribution in [3.8, 4) is 5.75 Å². The van der Waals surface area contributed by atoms with Crippen LogP contribution in [-0.4, -0.2) is 11.6 Å². The highest BCUT2D eigenvalue weighted by molar-refractivity contribution is 7.99. The van der Waals surface area contributed by atoms with Crippen molar-refractivity contribution in [3.05, 3.63) is 42.1 Å². The van der Waals surface area contributed by atoms with Crippen molar-refractivity contribution in [2.24, 2.45) is 0 Å². The third-order valence-electron chi connectivity index (χ3n) is 2.50. The summed E-state index contributed by atoms with van der Waals surface area (Å²) in [5.41, 5.74) is 5.52. The second kappa shape index (κ2) is 6.26. The van der Waals surface area contributed by atoms with E-state index in [0.29, 0.717) is 23.1 Å². The minimum absolute atomic E-state index is 0.455. The van der Waals surface area contributed by atoms with Gasteiger partial charge in [-0.3, -0.25) is 0 Å². The van der Waals surface area contributed by atoms with Crippen LogP contribution in [0.15, 0.2) is 46.5 Å². The van der Waals surface area contributed by atoms with Crippen molar-refractivity contribution >= 4 is 17.4 Å². The van der Waals surface area contributed by atoms with E-state index in [-0.39, 0.29) is 0 Å². The number of hydrogen-bond acceptors (Lipinski definition) is 4. The summed E-state index contributed by atoms with van der Waals surface area (Å²) in [5.74, 6) is 0.618. The predicted molar refractivity (Wildman–Crippen MR) is 75.4 cm³/mol. The Morgan fingerprint density at radius 3 is 2.57 bits per heavy atom. The van der Waals surface area contributed by atoms with E-state index in [9.17, 15) is 13.2 Å². The summed E-state index contributed by atoms with van der Waals surface area (Å²) in [6.07, 6.45) is -3.56. The van der Waals surface area contributed by atoms with Crippen molar-refractivity contribution in [2.45, 2.75) is 23.0 Å². The number of anilines is 1. The molecule has 0 unspecified atom stereocenters. The van der Waals surface area contributed by atoms with Gasteiger partial charge in [0.2, 0.25) is 0 Å². The second-order valence-electron chi connectivity index (χ2n) is 4.16. The van der Waals surface area contributed by atoms with E-state index in [1.165, 1.54) is 17.8 Å². The number of nitrogens with zero attached hydrogens (tertiary/aromatic N) is 1. The summed E-state index contributed by atoms with van der Waals surface area (Å²) in [6, 6.07) is 7.51. The molecule has 0 aliphatic rings. The third-order valence-corrected chi connectivity index (χ3v) is 3.42. The third kappa shape index (κ3) is 4.29. The van der Waals surface area contributed by atoms with E-state index < -0.39 is 11.7 Å². The Hall–Kier alpha value is -1.89. The molecule has 112 valence electrons. The lowest BCUT2D eigenvalue weighted by molar-refractivity contribution is -0.137. The Morgan fingerprint density at radius 1 is 1.24 bits per heavy atom. The van der Waals surface area contributed by atoms with E-state index >= 15 is 0 Å². The van der Waals surface area contributed by atoms with E-state index in [4.69, 9.17) is 10.5 Å². The minimum Gasteiger partial charge on any atom is -0.494 e. The normalized spacial score (nSPS) is 11.4. The Balaban J connectivity index is 2.18. The fourth-order valence-corrected chi connectivity index (χ4v) is 2.48. The molecule has 0 aliphatic carbocycles. The number of pyridine rings is 1. The molecular weight excluding hydrogens is 301 g/mol. The number of nitrogens with two attached hydrogens (primary N) is 1. The van der Waals surface area contributed by atoms with E-state index in [0.717, 1.165) is 17.2 Å². The van der Waals surface area contributed by atoms with Crippen LogP contribution in [-0.2, 0) is 6.18 Å². The molecule has 1 aromatic carbocycles. The summed E-state index contributed by atoms with van der Waals surface area (Å²) in [4.78, 5) is 4.56. The first-order valence-electron chi connectivity index (χ1n) is 6.13. The Bertz CT molecular complexity index is 615.